The third kappa shape index (κ3) is 3.98. The SMILES string of the molecule is Cc1[nH]c2cc(F)ccc2c1CCCN1CCN(c2ccc(F)cc2)CC1. The fourth-order valence-corrected chi connectivity index (χ4v) is 4.05. The number of piperazine rings is 1. The summed E-state index contributed by atoms with van der Waals surface area (Å²) in [5, 5.41) is 1.13. The van der Waals surface area contributed by atoms with E-state index in [0.717, 1.165) is 67.8 Å². The number of nitrogens with zero attached hydrogens (tertiary/aromatic N) is 2. The van der Waals surface area contributed by atoms with E-state index < -0.39 is 0 Å². The maximum Gasteiger partial charge on any atom is 0.125 e. The van der Waals surface area contributed by atoms with Gasteiger partial charge in [-0.25, -0.2) is 8.78 Å². The molecule has 5 heteroatoms. The van der Waals surface area contributed by atoms with Crippen LogP contribution in [0.2, 0.25) is 0 Å². The lowest BCUT2D eigenvalue weighted by Gasteiger charge is -2.36. The third-order valence-corrected chi connectivity index (χ3v) is 5.55. The number of fused-ring (bicyclic) bond motifs is 1. The predicted molar refractivity (Wildman–Crippen MR) is 106 cm³/mol. The number of hydrogen-bond donors (Lipinski definition) is 1. The Morgan fingerprint density at radius 1 is 0.926 bits per heavy atom. The van der Waals surface area contributed by atoms with Crippen molar-refractivity contribution in [3.05, 3.63) is 65.4 Å². The zero-order valence-corrected chi connectivity index (χ0v) is 15.6. The van der Waals surface area contributed by atoms with Crippen LogP contribution in [0, 0.1) is 18.6 Å². The van der Waals surface area contributed by atoms with E-state index in [-0.39, 0.29) is 11.6 Å². The minimum absolute atomic E-state index is 0.187. The Morgan fingerprint density at radius 3 is 2.37 bits per heavy atom. The summed E-state index contributed by atoms with van der Waals surface area (Å²) < 4.78 is 26.5. The van der Waals surface area contributed by atoms with Crippen LogP contribution in [-0.4, -0.2) is 42.6 Å². The second kappa shape index (κ2) is 7.69. The lowest BCUT2D eigenvalue weighted by atomic mass is 10.1. The van der Waals surface area contributed by atoms with Crippen LogP contribution >= 0.6 is 0 Å². The molecule has 1 fully saturated rings. The molecule has 0 atom stereocenters. The molecule has 0 radical (unpaired) electrons. The zero-order valence-electron chi connectivity index (χ0n) is 15.6. The van der Waals surface area contributed by atoms with Gasteiger partial charge < -0.3 is 9.88 Å². The molecule has 3 aromatic rings. The van der Waals surface area contributed by atoms with Crippen LogP contribution in [0.25, 0.3) is 10.9 Å². The first-order valence-electron chi connectivity index (χ1n) is 9.60. The molecule has 0 unspecified atom stereocenters. The van der Waals surface area contributed by atoms with Crippen molar-refractivity contribution in [2.45, 2.75) is 19.8 Å². The predicted octanol–water partition coefficient (Wildman–Crippen LogP) is 4.51. The third-order valence-electron chi connectivity index (χ3n) is 5.55. The fraction of sp³-hybridized carbons (Fsp3) is 0.364. The average Bonchev–Trinajstić information content (AvgIpc) is 2.97. The molecule has 0 aliphatic carbocycles. The number of nitrogens with one attached hydrogen (secondary N) is 1. The van der Waals surface area contributed by atoms with Gasteiger partial charge in [0.1, 0.15) is 11.6 Å². The molecule has 27 heavy (non-hydrogen) atoms. The number of benzene rings is 2. The first kappa shape index (κ1) is 18.0. The van der Waals surface area contributed by atoms with E-state index in [9.17, 15) is 8.78 Å². The Morgan fingerprint density at radius 2 is 1.63 bits per heavy atom. The minimum Gasteiger partial charge on any atom is -0.369 e. The molecule has 3 nitrogen and oxygen atoms in total. The van der Waals surface area contributed by atoms with Crippen LogP contribution in [0.15, 0.2) is 42.5 Å². The molecule has 1 N–H and O–H groups in total. The summed E-state index contributed by atoms with van der Waals surface area (Å²) in [5.74, 6) is -0.387. The van der Waals surface area contributed by atoms with Crippen molar-refractivity contribution in [3.8, 4) is 0 Å². The van der Waals surface area contributed by atoms with Gasteiger partial charge in [0.2, 0.25) is 0 Å². The normalized spacial score (nSPS) is 15.6. The van der Waals surface area contributed by atoms with Crippen molar-refractivity contribution < 1.29 is 8.78 Å². The van der Waals surface area contributed by atoms with E-state index >= 15 is 0 Å². The molecule has 1 aliphatic heterocycles. The highest BCUT2D eigenvalue weighted by molar-refractivity contribution is 5.84. The number of hydrogen-bond acceptors (Lipinski definition) is 2. The van der Waals surface area contributed by atoms with Crippen molar-refractivity contribution in [3.63, 3.8) is 0 Å². The molecule has 2 heterocycles. The first-order valence-corrected chi connectivity index (χ1v) is 9.60. The van der Waals surface area contributed by atoms with Crippen molar-refractivity contribution in [1.29, 1.82) is 0 Å². The molecule has 142 valence electrons. The van der Waals surface area contributed by atoms with Crippen LogP contribution in [0.4, 0.5) is 14.5 Å². The van der Waals surface area contributed by atoms with E-state index in [1.165, 1.54) is 23.8 Å². The number of H-pyrrole nitrogens is 1. The van der Waals surface area contributed by atoms with E-state index in [1.807, 2.05) is 18.2 Å². The molecule has 0 saturated carbocycles. The zero-order chi connectivity index (χ0) is 18.8. The minimum atomic E-state index is -0.200. The lowest BCUT2D eigenvalue weighted by Crippen LogP contribution is -2.46. The van der Waals surface area contributed by atoms with Gasteiger partial charge in [0.05, 0.1) is 0 Å². The number of aromatic nitrogens is 1. The standard InChI is InChI=1S/C22H25F2N3/c1-16-20(21-9-6-18(24)15-22(21)25-16)3-2-10-26-11-13-27(14-12-26)19-7-4-17(23)5-8-19/h4-9,15,25H,2-3,10-14H2,1H3. The summed E-state index contributed by atoms with van der Waals surface area (Å²) >= 11 is 0. The quantitative estimate of drug-likeness (QED) is 0.715. The lowest BCUT2D eigenvalue weighted by molar-refractivity contribution is 0.255. The average molecular weight is 369 g/mol. The van der Waals surface area contributed by atoms with Gasteiger partial charge in [0.25, 0.3) is 0 Å². The highest BCUT2D eigenvalue weighted by Crippen LogP contribution is 2.24. The van der Waals surface area contributed by atoms with Crippen LogP contribution in [0.1, 0.15) is 17.7 Å². The molecular weight excluding hydrogens is 344 g/mol. The van der Waals surface area contributed by atoms with Gasteiger partial charge >= 0.3 is 0 Å². The molecule has 2 aromatic carbocycles. The molecule has 0 amide bonds. The van der Waals surface area contributed by atoms with E-state index in [1.54, 1.807) is 6.07 Å². The molecule has 1 aliphatic rings. The summed E-state index contributed by atoms with van der Waals surface area (Å²) in [5.41, 5.74) is 4.42. The molecule has 0 bridgehead atoms. The molecule has 0 spiro atoms. The Bertz CT molecular complexity index is 909. The summed E-state index contributed by atoms with van der Waals surface area (Å²) in [4.78, 5) is 8.10. The Hall–Kier alpha value is -2.40. The van der Waals surface area contributed by atoms with Crippen molar-refractivity contribution in [2.75, 3.05) is 37.6 Å². The van der Waals surface area contributed by atoms with Gasteiger partial charge in [-0.15, -0.1) is 0 Å². The molecular formula is C22H25F2N3. The first-order chi connectivity index (χ1) is 13.1. The van der Waals surface area contributed by atoms with Crippen LogP contribution in [-0.2, 0) is 6.42 Å². The molecule has 4 rings (SSSR count). The number of anilines is 1. The highest BCUT2D eigenvalue weighted by Gasteiger charge is 2.17. The number of aryl methyl sites for hydroxylation is 2. The van der Waals surface area contributed by atoms with Crippen LogP contribution < -0.4 is 4.90 Å². The number of halogens is 2. The van der Waals surface area contributed by atoms with Gasteiger partial charge in [-0.1, -0.05) is 0 Å². The number of rotatable bonds is 5. The van der Waals surface area contributed by atoms with Crippen molar-refractivity contribution in [2.24, 2.45) is 0 Å². The Labute approximate surface area is 158 Å². The fourth-order valence-electron chi connectivity index (χ4n) is 4.05. The van der Waals surface area contributed by atoms with Crippen molar-refractivity contribution >= 4 is 16.6 Å². The van der Waals surface area contributed by atoms with E-state index in [4.69, 9.17) is 0 Å². The van der Waals surface area contributed by atoms with E-state index in [0.29, 0.717) is 0 Å². The van der Waals surface area contributed by atoms with Gasteiger partial charge in [-0.05, 0) is 74.3 Å². The summed E-state index contributed by atoms with van der Waals surface area (Å²) in [6.07, 6.45) is 2.08. The van der Waals surface area contributed by atoms with Crippen LogP contribution in [0.5, 0.6) is 0 Å². The largest absolute Gasteiger partial charge is 0.369 e. The summed E-state index contributed by atoms with van der Waals surface area (Å²) in [6, 6.07) is 11.7. The molecule has 1 saturated heterocycles. The Balaban J connectivity index is 1.29. The summed E-state index contributed by atoms with van der Waals surface area (Å²) in [7, 11) is 0. The molecule has 1 aromatic heterocycles. The van der Waals surface area contributed by atoms with E-state index in [2.05, 4.69) is 21.7 Å². The second-order valence-electron chi connectivity index (χ2n) is 7.33. The summed E-state index contributed by atoms with van der Waals surface area (Å²) in [6.45, 7) is 7.11. The van der Waals surface area contributed by atoms with Gasteiger partial charge in [0, 0.05) is 48.5 Å². The topological polar surface area (TPSA) is 22.3 Å². The Kier molecular flexibility index (Phi) is 5.12. The maximum absolute atomic E-state index is 13.4. The smallest absolute Gasteiger partial charge is 0.125 e. The highest BCUT2D eigenvalue weighted by atomic mass is 19.1. The number of aromatic amines is 1. The van der Waals surface area contributed by atoms with Gasteiger partial charge in [-0.3, -0.25) is 4.90 Å². The van der Waals surface area contributed by atoms with Crippen LogP contribution in [0.3, 0.4) is 0 Å². The van der Waals surface area contributed by atoms with Gasteiger partial charge in [0.15, 0.2) is 0 Å². The monoisotopic (exact) mass is 369 g/mol. The second-order valence-corrected chi connectivity index (χ2v) is 7.33. The van der Waals surface area contributed by atoms with Crippen molar-refractivity contribution in [1.82, 2.24) is 9.88 Å². The van der Waals surface area contributed by atoms with Gasteiger partial charge in [-0.2, -0.15) is 0 Å². The maximum atomic E-state index is 13.4.